The summed E-state index contributed by atoms with van der Waals surface area (Å²) in [6.07, 6.45) is 5.95. The van der Waals surface area contributed by atoms with E-state index in [1.165, 1.54) is 12.8 Å². The van der Waals surface area contributed by atoms with Crippen molar-refractivity contribution in [1.29, 1.82) is 0 Å². The molecule has 2 heteroatoms. The molecule has 0 unspecified atom stereocenters. The molecule has 1 aliphatic rings. The highest BCUT2D eigenvalue weighted by Gasteiger charge is 2.40. The fourth-order valence-corrected chi connectivity index (χ4v) is 3.21. The van der Waals surface area contributed by atoms with Gasteiger partial charge in [0.1, 0.15) is 0 Å². The van der Waals surface area contributed by atoms with Gasteiger partial charge in [0.05, 0.1) is 5.41 Å². The molecule has 18 heavy (non-hydrogen) atoms. The van der Waals surface area contributed by atoms with E-state index < -0.39 is 11.4 Å². The van der Waals surface area contributed by atoms with Gasteiger partial charge in [-0.2, -0.15) is 0 Å². The predicted molar refractivity (Wildman–Crippen MR) is 72.9 cm³/mol. The van der Waals surface area contributed by atoms with Gasteiger partial charge in [0.2, 0.25) is 0 Å². The molecule has 1 fully saturated rings. The molecule has 0 amide bonds. The molecule has 1 N–H and O–H groups in total. The lowest BCUT2D eigenvalue weighted by Gasteiger charge is -2.29. The first kappa shape index (κ1) is 13.1. The van der Waals surface area contributed by atoms with Crippen molar-refractivity contribution in [2.75, 3.05) is 0 Å². The maximum Gasteiger partial charge on any atom is 0.314 e. The van der Waals surface area contributed by atoms with Crippen molar-refractivity contribution < 1.29 is 9.90 Å². The van der Waals surface area contributed by atoms with E-state index in [1.54, 1.807) is 0 Å². The Balaban J connectivity index is 2.48. The minimum absolute atomic E-state index is 0.644. The first-order valence-electron chi connectivity index (χ1n) is 6.87. The Morgan fingerprint density at radius 2 is 1.50 bits per heavy atom. The van der Waals surface area contributed by atoms with Crippen LogP contribution in [0.3, 0.4) is 0 Å². The minimum Gasteiger partial charge on any atom is -0.481 e. The molecule has 98 valence electrons. The van der Waals surface area contributed by atoms with Crippen LogP contribution < -0.4 is 0 Å². The lowest BCUT2D eigenvalue weighted by Crippen LogP contribution is -2.35. The van der Waals surface area contributed by atoms with Crippen molar-refractivity contribution in [2.24, 2.45) is 0 Å². The predicted octanol–water partition coefficient (Wildman–Crippen LogP) is 3.98. The van der Waals surface area contributed by atoms with Crippen molar-refractivity contribution in [3.05, 3.63) is 34.9 Å². The van der Waals surface area contributed by atoms with Crippen LogP contribution in [0.5, 0.6) is 0 Å². The van der Waals surface area contributed by atoms with E-state index in [1.807, 2.05) is 13.8 Å². The summed E-state index contributed by atoms with van der Waals surface area (Å²) in [5.41, 5.74) is 2.69. The Bertz CT molecular complexity index is 420. The molecule has 0 bridgehead atoms. The number of carboxylic acid groups (broad SMARTS) is 1. The largest absolute Gasteiger partial charge is 0.481 e. The summed E-state index contributed by atoms with van der Waals surface area (Å²) in [7, 11) is 0. The highest BCUT2D eigenvalue weighted by molar-refractivity contribution is 5.81. The zero-order valence-corrected chi connectivity index (χ0v) is 11.3. The first-order valence-corrected chi connectivity index (χ1v) is 6.87. The fraction of sp³-hybridized carbons (Fsp3) is 0.562. The second-order valence-corrected chi connectivity index (χ2v) is 5.68. The van der Waals surface area contributed by atoms with Crippen LogP contribution in [0.1, 0.15) is 55.2 Å². The zero-order valence-electron chi connectivity index (χ0n) is 11.3. The topological polar surface area (TPSA) is 37.3 Å². The number of carbonyl (C=O) groups is 1. The van der Waals surface area contributed by atoms with Crippen molar-refractivity contribution in [3.8, 4) is 0 Å². The average Bonchev–Trinajstić information content (AvgIpc) is 2.53. The van der Waals surface area contributed by atoms with Gasteiger partial charge < -0.3 is 5.11 Å². The molecule has 1 aliphatic carbocycles. The van der Waals surface area contributed by atoms with Crippen molar-refractivity contribution in [1.82, 2.24) is 0 Å². The quantitative estimate of drug-likeness (QED) is 0.801. The van der Waals surface area contributed by atoms with Gasteiger partial charge >= 0.3 is 5.97 Å². The highest BCUT2D eigenvalue weighted by atomic mass is 16.4. The van der Waals surface area contributed by atoms with Gasteiger partial charge in [-0.1, -0.05) is 55.0 Å². The summed E-state index contributed by atoms with van der Waals surface area (Å²) in [4.78, 5) is 11.9. The molecule has 0 atom stereocenters. The SMILES string of the molecule is Cc1cc(C)cc(C2(C(=O)O)CCCCCC2)c1. The summed E-state index contributed by atoms with van der Waals surface area (Å²) < 4.78 is 0. The smallest absolute Gasteiger partial charge is 0.314 e. The second kappa shape index (κ2) is 5.13. The molecule has 0 aromatic heterocycles. The van der Waals surface area contributed by atoms with E-state index in [-0.39, 0.29) is 0 Å². The van der Waals surface area contributed by atoms with E-state index in [0.717, 1.165) is 42.4 Å². The van der Waals surface area contributed by atoms with Crippen LogP contribution in [0.4, 0.5) is 0 Å². The number of aliphatic carboxylic acids is 1. The Hall–Kier alpha value is -1.31. The number of benzene rings is 1. The zero-order chi connectivity index (χ0) is 13.2. The molecule has 1 aromatic carbocycles. The lowest BCUT2D eigenvalue weighted by atomic mass is 9.73. The number of hydrogen-bond acceptors (Lipinski definition) is 1. The molecule has 1 aromatic rings. The minimum atomic E-state index is -0.646. The number of hydrogen-bond donors (Lipinski definition) is 1. The summed E-state index contributed by atoms with van der Waals surface area (Å²) in [6, 6.07) is 6.23. The van der Waals surface area contributed by atoms with Crippen molar-refractivity contribution in [3.63, 3.8) is 0 Å². The number of rotatable bonds is 2. The molecule has 1 saturated carbocycles. The number of carboxylic acids is 1. The normalized spacial score (nSPS) is 19.2. The first-order chi connectivity index (χ1) is 8.54. The Labute approximate surface area is 109 Å². The lowest BCUT2D eigenvalue weighted by molar-refractivity contribution is -0.144. The summed E-state index contributed by atoms with van der Waals surface area (Å²) in [6.45, 7) is 4.09. The average molecular weight is 246 g/mol. The van der Waals surface area contributed by atoms with E-state index in [0.29, 0.717) is 0 Å². The van der Waals surface area contributed by atoms with Gasteiger partial charge in [-0.3, -0.25) is 4.79 Å². The van der Waals surface area contributed by atoms with Gasteiger partial charge in [-0.15, -0.1) is 0 Å². The van der Waals surface area contributed by atoms with Gasteiger partial charge in [0.25, 0.3) is 0 Å². The molecule has 0 heterocycles. The molecular formula is C16H22O2. The summed E-state index contributed by atoms with van der Waals surface area (Å²) in [5.74, 6) is -0.644. The molecule has 0 saturated heterocycles. The van der Waals surface area contributed by atoms with Crippen molar-refractivity contribution in [2.45, 2.75) is 57.8 Å². The standard InChI is InChI=1S/C16H22O2/c1-12-9-13(2)11-14(10-12)16(15(17)18)7-5-3-4-6-8-16/h9-11H,3-8H2,1-2H3,(H,17,18). The van der Waals surface area contributed by atoms with Crippen molar-refractivity contribution >= 4 is 5.97 Å². The third kappa shape index (κ3) is 2.43. The third-order valence-corrected chi connectivity index (χ3v) is 4.14. The van der Waals surface area contributed by atoms with E-state index in [4.69, 9.17) is 0 Å². The molecule has 2 nitrogen and oxygen atoms in total. The monoisotopic (exact) mass is 246 g/mol. The van der Waals surface area contributed by atoms with Gasteiger partial charge in [-0.05, 0) is 32.3 Å². The molecule has 0 spiro atoms. The second-order valence-electron chi connectivity index (χ2n) is 5.68. The molecule has 0 radical (unpaired) electrons. The Morgan fingerprint density at radius 1 is 1.00 bits per heavy atom. The van der Waals surface area contributed by atoms with Gasteiger partial charge in [0.15, 0.2) is 0 Å². The maximum atomic E-state index is 11.9. The van der Waals surface area contributed by atoms with E-state index in [2.05, 4.69) is 18.2 Å². The summed E-state index contributed by atoms with van der Waals surface area (Å²) in [5, 5.41) is 9.75. The van der Waals surface area contributed by atoms with Crippen LogP contribution in [0, 0.1) is 13.8 Å². The Morgan fingerprint density at radius 3 is 1.94 bits per heavy atom. The highest BCUT2D eigenvalue weighted by Crippen LogP contribution is 2.39. The van der Waals surface area contributed by atoms with Crippen LogP contribution in [-0.4, -0.2) is 11.1 Å². The molecule has 0 aliphatic heterocycles. The van der Waals surface area contributed by atoms with Gasteiger partial charge in [-0.25, -0.2) is 0 Å². The van der Waals surface area contributed by atoms with E-state index >= 15 is 0 Å². The van der Waals surface area contributed by atoms with Crippen LogP contribution in [-0.2, 0) is 10.2 Å². The molecular weight excluding hydrogens is 224 g/mol. The van der Waals surface area contributed by atoms with Crippen LogP contribution in [0.15, 0.2) is 18.2 Å². The number of aryl methyl sites for hydroxylation is 2. The summed E-state index contributed by atoms with van der Waals surface area (Å²) >= 11 is 0. The van der Waals surface area contributed by atoms with E-state index in [9.17, 15) is 9.90 Å². The Kier molecular flexibility index (Phi) is 3.74. The third-order valence-electron chi connectivity index (χ3n) is 4.14. The fourth-order valence-electron chi connectivity index (χ4n) is 3.21. The molecule has 2 rings (SSSR count). The van der Waals surface area contributed by atoms with Crippen LogP contribution in [0.2, 0.25) is 0 Å². The van der Waals surface area contributed by atoms with Crippen LogP contribution >= 0.6 is 0 Å². The van der Waals surface area contributed by atoms with Crippen LogP contribution in [0.25, 0.3) is 0 Å². The van der Waals surface area contributed by atoms with Gasteiger partial charge in [0, 0.05) is 0 Å². The maximum absolute atomic E-state index is 11.9.